The molecule has 1 aromatic carbocycles. The highest BCUT2D eigenvalue weighted by atomic mass is 32.1. The summed E-state index contributed by atoms with van der Waals surface area (Å²) in [5.41, 5.74) is 2.22. The van der Waals surface area contributed by atoms with Gasteiger partial charge in [0.05, 0.1) is 16.3 Å². The molecule has 0 spiro atoms. The molecule has 3 heterocycles. The fraction of sp³-hybridized carbons (Fsp3) is 0.0588. The summed E-state index contributed by atoms with van der Waals surface area (Å²) in [4.78, 5) is 10.0. The van der Waals surface area contributed by atoms with Crippen LogP contribution in [0.5, 0.6) is 0 Å². The van der Waals surface area contributed by atoms with Gasteiger partial charge in [0.2, 0.25) is 0 Å². The number of anilines is 1. The number of thiophene rings is 2. The molecule has 3 nitrogen and oxygen atoms in total. The molecule has 0 saturated carbocycles. The maximum Gasteiger partial charge on any atom is 0.148 e. The molecule has 4 aromatic rings. The maximum atomic E-state index is 4.45. The second-order valence-corrected chi connectivity index (χ2v) is 6.76. The van der Waals surface area contributed by atoms with Gasteiger partial charge in [-0.1, -0.05) is 36.4 Å². The molecule has 3 aromatic heterocycles. The Morgan fingerprint density at radius 1 is 0.864 bits per heavy atom. The fourth-order valence-corrected chi connectivity index (χ4v) is 4.05. The lowest BCUT2D eigenvalue weighted by atomic mass is 10.1. The van der Waals surface area contributed by atoms with Crippen molar-refractivity contribution in [2.45, 2.75) is 6.04 Å². The lowest BCUT2D eigenvalue weighted by Crippen LogP contribution is -2.12. The lowest BCUT2D eigenvalue weighted by molar-refractivity contribution is 0.952. The summed E-state index contributed by atoms with van der Waals surface area (Å²) in [7, 11) is 0. The van der Waals surface area contributed by atoms with Crippen molar-refractivity contribution in [1.29, 1.82) is 0 Å². The molecule has 0 aliphatic heterocycles. The van der Waals surface area contributed by atoms with Gasteiger partial charge in [0, 0.05) is 4.88 Å². The summed E-state index contributed by atoms with van der Waals surface area (Å²) in [6.07, 6.45) is 1.62. The van der Waals surface area contributed by atoms with E-state index in [1.807, 2.05) is 17.5 Å². The molecule has 1 N–H and O–H groups in total. The van der Waals surface area contributed by atoms with Crippen LogP contribution in [-0.4, -0.2) is 9.97 Å². The molecule has 1 atom stereocenters. The predicted molar refractivity (Wildman–Crippen MR) is 93.6 cm³/mol. The number of nitrogens with one attached hydrogen (secondary N) is 1. The van der Waals surface area contributed by atoms with E-state index in [2.05, 4.69) is 57.1 Å². The van der Waals surface area contributed by atoms with Gasteiger partial charge < -0.3 is 5.32 Å². The highest BCUT2D eigenvalue weighted by molar-refractivity contribution is 7.17. The van der Waals surface area contributed by atoms with Crippen molar-refractivity contribution in [1.82, 2.24) is 9.97 Å². The third kappa shape index (κ3) is 2.49. The lowest BCUT2D eigenvalue weighted by Gasteiger charge is -2.19. The van der Waals surface area contributed by atoms with Crippen LogP contribution in [0.15, 0.2) is 65.6 Å². The van der Waals surface area contributed by atoms with E-state index in [0.717, 1.165) is 16.0 Å². The zero-order valence-electron chi connectivity index (χ0n) is 11.6. The van der Waals surface area contributed by atoms with Gasteiger partial charge in [-0.2, -0.15) is 0 Å². The van der Waals surface area contributed by atoms with E-state index < -0.39 is 0 Å². The Labute approximate surface area is 136 Å². The molecule has 0 fully saturated rings. The number of benzene rings is 1. The Morgan fingerprint density at radius 3 is 2.59 bits per heavy atom. The average molecular weight is 323 g/mol. The van der Waals surface area contributed by atoms with Gasteiger partial charge >= 0.3 is 0 Å². The second-order valence-electron chi connectivity index (χ2n) is 4.86. The first-order valence-electron chi connectivity index (χ1n) is 6.95. The zero-order chi connectivity index (χ0) is 14.8. The van der Waals surface area contributed by atoms with Crippen LogP contribution in [0, 0.1) is 0 Å². The van der Waals surface area contributed by atoms with Crippen LogP contribution in [0.25, 0.3) is 10.2 Å². The van der Waals surface area contributed by atoms with Gasteiger partial charge in [-0.25, -0.2) is 9.97 Å². The Balaban J connectivity index is 1.77. The monoisotopic (exact) mass is 323 g/mol. The number of rotatable bonds is 4. The van der Waals surface area contributed by atoms with Crippen molar-refractivity contribution in [3.05, 3.63) is 76.1 Å². The zero-order valence-corrected chi connectivity index (χ0v) is 13.3. The summed E-state index contributed by atoms with van der Waals surface area (Å²) in [6, 6.07) is 16.8. The summed E-state index contributed by atoms with van der Waals surface area (Å²) in [5, 5.41) is 7.75. The second kappa shape index (κ2) is 5.87. The Kier molecular flexibility index (Phi) is 3.58. The minimum atomic E-state index is 0.0985. The maximum absolute atomic E-state index is 4.45. The van der Waals surface area contributed by atoms with Crippen LogP contribution in [0.2, 0.25) is 0 Å². The molecule has 0 aliphatic rings. The van der Waals surface area contributed by atoms with Crippen molar-refractivity contribution in [2.75, 3.05) is 5.32 Å². The molecule has 0 amide bonds. The molecule has 0 unspecified atom stereocenters. The molecule has 0 bridgehead atoms. The number of hydrogen-bond acceptors (Lipinski definition) is 5. The van der Waals surface area contributed by atoms with Crippen LogP contribution in [0.3, 0.4) is 0 Å². The van der Waals surface area contributed by atoms with E-state index in [1.165, 1.54) is 10.4 Å². The van der Waals surface area contributed by atoms with Gasteiger partial charge in [0.25, 0.3) is 0 Å². The molecule has 4 rings (SSSR count). The highest BCUT2D eigenvalue weighted by Crippen LogP contribution is 2.32. The summed E-state index contributed by atoms with van der Waals surface area (Å²) in [5.74, 6) is 0.891. The first kappa shape index (κ1) is 13.4. The van der Waals surface area contributed by atoms with Gasteiger partial charge in [-0.3, -0.25) is 0 Å². The Bertz CT molecular complexity index is 869. The summed E-state index contributed by atoms with van der Waals surface area (Å²) in [6.45, 7) is 0. The smallest absolute Gasteiger partial charge is 0.148 e. The van der Waals surface area contributed by atoms with Crippen LogP contribution < -0.4 is 5.32 Å². The number of hydrogen-bond donors (Lipinski definition) is 1. The van der Waals surface area contributed by atoms with Gasteiger partial charge in [-0.05, 0) is 28.5 Å². The fourth-order valence-electron chi connectivity index (χ4n) is 2.45. The van der Waals surface area contributed by atoms with E-state index in [-0.39, 0.29) is 6.04 Å². The predicted octanol–water partition coefficient (Wildman–Crippen LogP) is 4.95. The summed E-state index contributed by atoms with van der Waals surface area (Å²) < 4.78 is 1.10. The first-order chi connectivity index (χ1) is 10.9. The quantitative estimate of drug-likeness (QED) is 0.577. The average Bonchev–Trinajstić information content (AvgIpc) is 3.25. The number of fused-ring (bicyclic) bond motifs is 1. The molecule has 22 heavy (non-hydrogen) atoms. The largest absolute Gasteiger partial charge is 0.357 e. The Hall–Kier alpha value is -2.24. The van der Waals surface area contributed by atoms with Gasteiger partial charge in [0.15, 0.2) is 0 Å². The molecular formula is C17H13N3S2. The molecule has 0 radical (unpaired) electrons. The first-order valence-corrected chi connectivity index (χ1v) is 8.71. The molecule has 0 saturated heterocycles. The Morgan fingerprint density at radius 2 is 1.77 bits per heavy atom. The molecule has 0 aliphatic carbocycles. The minimum Gasteiger partial charge on any atom is -0.357 e. The minimum absolute atomic E-state index is 0.0985. The summed E-state index contributed by atoms with van der Waals surface area (Å²) >= 11 is 3.41. The van der Waals surface area contributed by atoms with Crippen molar-refractivity contribution in [2.24, 2.45) is 0 Å². The molecule has 5 heteroatoms. The standard InChI is InChI=1S/C17H13N3S2/c1-2-5-12(6-3-1)15(14-7-4-9-21-14)20-17-16-13(8-10-22-16)18-11-19-17/h1-11,15H,(H,18,19,20)/t15-/m1/s1. The van der Waals surface area contributed by atoms with Crippen molar-refractivity contribution in [3.8, 4) is 0 Å². The van der Waals surface area contributed by atoms with E-state index in [9.17, 15) is 0 Å². The third-order valence-electron chi connectivity index (χ3n) is 3.48. The van der Waals surface area contributed by atoms with Crippen molar-refractivity contribution < 1.29 is 0 Å². The topological polar surface area (TPSA) is 37.8 Å². The normalized spacial score (nSPS) is 12.4. The van der Waals surface area contributed by atoms with Gasteiger partial charge in [-0.15, -0.1) is 22.7 Å². The van der Waals surface area contributed by atoms with E-state index >= 15 is 0 Å². The van der Waals surface area contributed by atoms with E-state index in [0.29, 0.717) is 0 Å². The van der Waals surface area contributed by atoms with E-state index in [1.54, 1.807) is 29.0 Å². The molecular weight excluding hydrogens is 310 g/mol. The highest BCUT2D eigenvalue weighted by Gasteiger charge is 2.17. The van der Waals surface area contributed by atoms with Crippen LogP contribution in [0.1, 0.15) is 16.5 Å². The van der Waals surface area contributed by atoms with Crippen LogP contribution in [0.4, 0.5) is 5.82 Å². The number of nitrogens with zero attached hydrogens (tertiary/aromatic N) is 2. The van der Waals surface area contributed by atoms with Crippen molar-refractivity contribution >= 4 is 38.7 Å². The third-order valence-corrected chi connectivity index (χ3v) is 5.33. The molecule has 108 valence electrons. The SMILES string of the molecule is c1ccc([C@@H](Nc2ncnc3ccsc23)c2cccs2)cc1. The van der Waals surface area contributed by atoms with Crippen molar-refractivity contribution in [3.63, 3.8) is 0 Å². The van der Waals surface area contributed by atoms with Crippen LogP contribution >= 0.6 is 22.7 Å². The van der Waals surface area contributed by atoms with Gasteiger partial charge in [0.1, 0.15) is 12.1 Å². The van der Waals surface area contributed by atoms with Crippen LogP contribution in [-0.2, 0) is 0 Å². The number of aromatic nitrogens is 2. The van der Waals surface area contributed by atoms with E-state index in [4.69, 9.17) is 0 Å².